The zero-order chi connectivity index (χ0) is 20.9. The molecule has 0 saturated heterocycles. The van der Waals surface area contributed by atoms with Gasteiger partial charge in [0.2, 0.25) is 5.91 Å². The number of rotatable bonds is 8. The third-order valence-electron chi connectivity index (χ3n) is 4.88. The molecule has 4 rings (SSSR count). The fourth-order valence-corrected chi connectivity index (χ4v) is 4.89. The molecule has 0 unspecified atom stereocenters. The lowest BCUT2D eigenvalue weighted by Gasteiger charge is -2.17. The molecule has 3 aromatic rings. The lowest BCUT2D eigenvalue weighted by Crippen LogP contribution is -2.16. The summed E-state index contributed by atoms with van der Waals surface area (Å²) in [6, 6.07) is 6.93. The molecule has 1 N–H and O–H groups in total. The van der Waals surface area contributed by atoms with E-state index in [1.807, 2.05) is 11.4 Å². The van der Waals surface area contributed by atoms with Gasteiger partial charge in [-0.25, -0.2) is 4.98 Å². The number of thioether (sulfide) groups is 1. The summed E-state index contributed by atoms with van der Waals surface area (Å²) >= 11 is 2.83. The Morgan fingerprint density at radius 3 is 2.93 bits per heavy atom. The van der Waals surface area contributed by atoms with Gasteiger partial charge >= 0.3 is 0 Å². The highest BCUT2D eigenvalue weighted by atomic mass is 32.2. The fourth-order valence-electron chi connectivity index (χ4n) is 3.44. The van der Waals surface area contributed by atoms with Gasteiger partial charge in [0.15, 0.2) is 16.5 Å². The van der Waals surface area contributed by atoms with Crippen molar-refractivity contribution in [2.75, 3.05) is 18.2 Å². The van der Waals surface area contributed by atoms with Crippen LogP contribution >= 0.6 is 23.1 Å². The normalized spacial score (nSPS) is 14.2. The van der Waals surface area contributed by atoms with Crippen LogP contribution in [0, 0.1) is 0 Å². The predicted molar refractivity (Wildman–Crippen MR) is 120 cm³/mol. The summed E-state index contributed by atoms with van der Waals surface area (Å²) in [4.78, 5) is 29.5. The van der Waals surface area contributed by atoms with Crippen molar-refractivity contribution in [2.24, 2.45) is 0 Å². The SMILES string of the molecule is COc1ccc(NC(=O)CSCc2cc(=O)n3ccsc3n2)cc1OC1CCCC1. The largest absolute Gasteiger partial charge is 0.493 e. The van der Waals surface area contributed by atoms with Gasteiger partial charge in [-0.1, -0.05) is 0 Å². The van der Waals surface area contributed by atoms with Crippen molar-refractivity contribution in [3.05, 3.63) is 51.9 Å². The van der Waals surface area contributed by atoms with E-state index in [1.54, 1.807) is 25.4 Å². The average molecular weight is 446 g/mol. The van der Waals surface area contributed by atoms with Gasteiger partial charge < -0.3 is 14.8 Å². The average Bonchev–Trinajstić information content (AvgIpc) is 3.40. The third kappa shape index (κ3) is 4.96. The zero-order valence-electron chi connectivity index (χ0n) is 16.6. The summed E-state index contributed by atoms with van der Waals surface area (Å²) in [7, 11) is 1.61. The van der Waals surface area contributed by atoms with Crippen LogP contribution in [0.5, 0.6) is 11.5 Å². The van der Waals surface area contributed by atoms with Crippen LogP contribution in [-0.2, 0) is 10.5 Å². The molecule has 0 spiro atoms. The lowest BCUT2D eigenvalue weighted by atomic mass is 10.2. The van der Waals surface area contributed by atoms with Gasteiger partial charge in [0.1, 0.15) is 0 Å². The molecule has 9 heteroatoms. The Morgan fingerprint density at radius 2 is 2.13 bits per heavy atom. The number of fused-ring (bicyclic) bond motifs is 1. The number of hydrogen-bond donors (Lipinski definition) is 1. The number of carbonyl (C=O) groups excluding carboxylic acids is 1. The smallest absolute Gasteiger partial charge is 0.258 e. The van der Waals surface area contributed by atoms with E-state index in [0.717, 1.165) is 12.8 Å². The molecule has 1 aromatic carbocycles. The molecule has 158 valence electrons. The van der Waals surface area contributed by atoms with Crippen LogP contribution in [0.1, 0.15) is 31.4 Å². The van der Waals surface area contributed by atoms with Crippen molar-refractivity contribution in [3.8, 4) is 11.5 Å². The Hall–Kier alpha value is -2.52. The summed E-state index contributed by atoms with van der Waals surface area (Å²) in [6.45, 7) is 0. The number of benzene rings is 1. The first kappa shape index (κ1) is 20.7. The number of amides is 1. The second-order valence-corrected chi connectivity index (χ2v) is 8.93. The maximum atomic E-state index is 12.4. The number of nitrogens with one attached hydrogen (secondary N) is 1. The van der Waals surface area contributed by atoms with E-state index < -0.39 is 0 Å². The van der Waals surface area contributed by atoms with Gasteiger partial charge in [0, 0.05) is 35.1 Å². The second kappa shape index (κ2) is 9.53. The Kier molecular flexibility index (Phi) is 6.59. The lowest BCUT2D eigenvalue weighted by molar-refractivity contribution is -0.113. The molecule has 30 heavy (non-hydrogen) atoms. The molecule has 0 aliphatic heterocycles. The van der Waals surface area contributed by atoms with Crippen LogP contribution in [0.15, 0.2) is 40.6 Å². The number of ether oxygens (including phenoxy) is 2. The minimum absolute atomic E-state index is 0.102. The second-order valence-electron chi connectivity index (χ2n) is 7.07. The molecule has 1 amide bonds. The summed E-state index contributed by atoms with van der Waals surface area (Å²) in [5.74, 6) is 1.96. The number of methoxy groups -OCH3 is 1. The molecule has 0 radical (unpaired) electrons. The molecular weight excluding hydrogens is 422 g/mol. The van der Waals surface area contributed by atoms with Gasteiger partial charge in [-0.3, -0.25) is 14.0 Å². The Bertz CT molecular complexity index is 1090. The van der Waals surface area contributed by atoms with Gasteiger partial charge in [-0.2, -0.15) is 0 Å². The number of nitrogens with zero attached hydrogens (tertiary/aromatic N) is 2. The number of hydrogen-bond acceptors (Lipinski definition) is 7. The summed E-state index contributed by atoms with van der Waals surface area (Å²) in [6.07, 6.45) is 6.37. The molecule has 1 aliphatic carbocycles. The Morgan fingerprint density at radius 1 is 1.30 bits per heavy atom. The highest BCUT2D eigenvalue weighted by Gasteiger charge is 2.19. The Labute approximate surface area is 182 Å². The van der Waals surface area contributed by atoms with Crippen LogP contribution in [-0.4, -0.2) is 34.3 Å². The number of thiazole rings is 1. The molecule has 0 atom stereocenters. The van der Waals surface area contributed by atoms with Crippen molar-refractivity contribution in [3.63, 3.8) is 0 Å². The summed E-state index contributed by atoms with van der Waals surface area (Å²) in [5.41, 5.74) is 1.25. The highest BCUT2D eigenvalue weighted by molar-refractivity contribution is 7.99. The predicted octanol–water partition coefficient (Wildman–Crippen LogP) is 3.96. The van der Waals surface area contributed by atoms with Crippen molar-refractivity contribution >= 4 is 39.7 Å². The van der Waals surface area contributed by atoms with E-state index in [0.29, 0.717) is 33.6 Å². The van der Waals surface area contributed by atoms with Crippen LogP contribution in [0.2, 0.25) is 0 Å². The summed E-state index contributed by atoms with van der Waals surface area (Å²) < 4.78 is 13.0. The Balaban J connectivity index is 1.33. The molecule has 1 fully saturated rings. The standard InChI is InChI=1S/C21H23N3O4S2/c1-27-17-7-6-14(10-18(17)28-16-4-2-3-5-16)22-19(25)13-29-12-15-11-20(26)24-8-9-30-21(24)23-15/h6-11,16H,2-5,12-13H2,1H3,(H,22,25). The van der Waals surface area contributed by atoms with Crippen molar-refractivity contribution in [2.45, 2.75) is 37.5 Å². The van der Waals surface area contributed by atoms with E-state index in [-0.39, 0.29) is 23.3 Å². The maximum Gasteiger partial charge on any atom is 0.258 e. The van der Waals surface area contributed by atoms with Crippen LogP contribution in [0.3, 0.4) is 0 Å². The van der Waals surface area contributed by atoms with Crippen LogP contribution in [0.4, 0.5) is 5.69 Å². The van der Waals surface area contributed by atoms with Crippen molar-refractivity contribution in [1.29, 1.82) is 0 Å². The summed E-state index contributed by atoms with van der Waals surface area (Å²) in [5, 5.41) is 4.73. The first-order valence-electron chi connectivity index (χ1n) is 9.80. The highest BCUT2D eigenvalue weighted by Crippen LogP contribution is 2.34. The number of anilines is 1. The van der Waals surface area contributed by atoms with Gasteiger partial charge in [0.25, 0.3) is 5.56 Å². The van der Waals surface area contributed by atoms with E-state index in [4.69, 9.17) is 9.47 Å². The van der Waals surface area contributed by atoms with Gasteiger partial charge in [-0.15, -0.1) is 23.1 Å². The van der Waals surface area contributed by atoms with Crippen LogP contribution in [0.25, 0.3) is 4.96 Å². The van der Waals surface area contributed by atoms with Crippen molar-refractivity contribution in [1.82, 2.24) is 9.38 Å². The maximum absolute atomic E-state index is 12.4. The molecule has 7 nitrogen and oxygen atoms in total. The quantitative estimate of drug-likeness (QED) is 0.565. The van der Waals surface area contributed by atoms with E-state index in [2.05, 4.69) is 10.3 Å². The zero-order valence-corrected chi connectivity index (χ0v) is 18.3. The van der Waals surface area contributed by atoms with Crippen molar-refractivity contribution < 1.29 is 14.3 Å². The van der Waals surface area contributed by atoms with Gasteiger partial charge in [-0.05, 0) is 37.8 Å². The fraction of sp³-hybridized carbons (Fsp3) is 0.381. The molecule has 2 aromatic heterocycles. The first-order valence-corrected chi connectivity index (χ1v) is 11.8. The number of aromatic nitrogens is 2. The minimum Gasteiger partial charge on any atom is -0.493 e. The minimum atomic E-state index is -0.120. The monoisotopic (exact) mass is 445 g/mol. The molecule has 2 heterocycles. The van der Waals surface area contributed by atoms with Crippen LogP contribution < -0.4 is 20.3 Å². The van der Waals surface area contributed by atoms with E-state index in [1.165, 1.54) is 46.4 Å². The molecule has 0 bridgehead atoms. The van der Waals surface area contributed by atoms with E-state index in [9.17, 15) is 9.59 Å². The molecular formula is C21H23N3O4S2. The number of carbonyl (C=O) groups is 1. The molecule has 1 aliphatic rings. The molecule has 1 saturated carbocycles. The topological polar surface area (TPSA) is 81.9 Å². The van der Waals surface area contributed by atoms with E-state index >= 15 is 0 Å². The third-order valence-corrected chi connectivity index (χ3v) is 6.61. The first-order chi connectivity index (χ1) is 14.6. The van der Waals surface area contributed by atoms with Gasteiger partial charge in [0.05, 0.1) is 24.7 Å².